The predicted molar refractivity (Wildman–Crippen MR) is 105 cm³/mol. The van der Waals surface area contributed by atoms with Crippen molar-refractivity contribution in [2.45, 2.75) is 25.2 Å². The molecule has 8 heteroatoms. The quantitative estimate of drug-likeness (QED) is 0.712. The van der Waals surface area contributed by atoms with Crippen LogP contribution in [-0.4, -0.2) is 39.8 Å². The van der Waals surface area contributed by atoms with Gasteiger partial charge in [0.2, 0.25) is 11.6 Å². The number of aromatic nitrogens is 3. The highest BCUT2D eigenvalue weighted by Crippen LogP contribution is 2.29. The smallest absolute Gasteiger partial charge is 0.206 e. The second-order valence-electron chi connectivity index (χ2n) is 6.82. The number of benzene rings is 1. The molecular formula is C20H18FN7. The van der Waals surface area contributed by atoms with Crippen LogP contribution >= 0.6 is 0 Å². The van der Waals surface area contributed by atoms with Crippen molar-refractivity contribution in [1.29, 1.82) is 0 Å². The molecule has 1 aliphatic heterocycles. The highest BCUT2D eigenvalue weighted by Gasteiger charge is 2.29. The molecule has 0 saturated carbocycles. The third-order valence-electron chi connectivity index (χ3n) is 4.95. The number of nitrogens with zero attached hydrogens (tertiary/aromatic N) is 6. The monoisotopic (exact) mass is 375 g/mol. The fourth-order valence-electron chi connectivity index (χ4n) is 3.45. The van der Waals surface area contributed by atoms with Gasteiger partial charge in [-0.25, -0.2) is 19.1 Å². The number of halogens is 1. The lowest BCUT2D eigenvalue weighted by molar-refractivity contribution is 0.243. The average molecular weight is 375 g/mol. The number of hydrogen-bond acceptors (Lipinski definition) is 4. The lowest BCUT2D eigenvalue weighted by Gasteiger charge is -2.34. The molecule has 0 amide bonds. The van der Waals surface area contributed by atoms with E-state index < -0.39 is 12.2 Å². The van der Waals surface area contributed by atoms with Gasteiger partial charge in [0, 0.05) is 19.3 Å². The summed E-state index contributed by atoms with van der Waals surface area (Å²) in [5, 5.41) is 0. The number of piperidine rings is 1. The van der Waals surface area contributed by atoms with E-state index in [1.807, 2.05) is 21.6 Å². The van der Waals surface area contributed by atoms with E-state index in [9.17, 15) is 4.39 Å². The molecule has 140 valence electrons. The van der Waals surface area contributed by atoms with E-state index in [0.29, 0.717) is 48.9 Å². The van der Waals surface area contributed by atoms with Crippen LogP contribution in [0.15, 0.2) is 36.5 Å². The van der Waals surface area contributed by atoms with Gasteiger partial charge in [0.25, 0.3) is 0 Å². The van der Waals surface area contributed by atoms with Crippen molar-refractivity contribution in [3.8, 4) is 0 Å². The first-order valence-electron chi connectivity index (χ1n) is 8.94. The third kappa shape index (κ3) is 3.26. The average Bonchev–Trinajstić information content (AvgIpc) is 3.08. The van der Waals surface area contributed by atoms with Crippen LogP contribution < -0.4 is 10.6 Å². The molecule has 3 aromatic rings. The van der Waals surface area contributed by atoms with Gasteiger partial charge in [0.1, 0.15) is 6.17 Å². The Kier molecular flexibility index (Phi) is 4.64. The Labute approximate surface area is 161 Å². The summed E-state index contributed by atoms with van der Waals surface area (Å²) >= 11 is 0. The minimum Gasteiger partial charge on any atom is -0.340 e. The number of fused-ring (bicyclic) bond motifs is 1. The second-order valence-corrected chi connectivity index (χ2v) is 6.82. The summed E-state index contributed by atoms with van der Waals surface area (Å²) in [5.74, 6) is 0.690. The maximum Gasteiger partial charge on any atom is 0.206 e. The molecule has 4 rings (SSSR count). The van der Waals surface area contributed by atoms with Crippen molar-refractivity contribution in [2.75, 3.05) is 18.0 Å². The minimum absolute atomic E-state index is 0.357. The van der Waals surface area contributed by atoms with Gasteiger partial charge >= 0.3 is 0 Å². The van der Waals surface area contributed by atoms with Crippen molar-refractivity contribution in [3.05, 3.63) is 65.1 Å². The molecule has 2 N–H and O–H groups in total. The maximum atomic E-state index is 13.8. The number of nitrogens with two attached hydrogens (primary N) is 1. The Morgan fingerprint density at radius 3 is 2.64 bits per heavy atom. The summed E-state index contributed by atoms with van der Waals surface area (Å²) < 4.78 is 15.9. The molecular weight excluding hydrogens is 357 g/mol. The van der Waals surface area contributed by atoms with Gasteiger partial charge in [0.15, 0.2) is 5.69 Å². The highest BCUT2D eigenvalue weighted by atomic mass is 19.1. The molecule has 1 fully saturated rings. The fourth-order valence-corrected chi connectivity index (χ4v) is 3.45. The molecule has 0 unspecified atom stereocenters. The molecule has 1 saturated heterocycles. The van der Waals surface area contributed by atoms with Crippen LogP contribution in [0.5, 0.6) is 0 Å². The van der Waals surface area contributed by atoms with Crippen molar-refractivity contribution >= 4 is 28.4 Å². The van der Waals surface area contributed by atoms with E-state index in [2.05, 4.69) is 14.7 Å². The predicted octanol–water partition coefficient (Wildman–Crippen LogP) is 3.46. The zero-order valence-electron chi connectivity index (χ0n) is 15.1. The van der Waals surface area contributed by atoms with Gasteiger partial charge < -0.3 is 15.2 Å². The molecule has 2 atom stereocenters. The van der Waals surface area contributed by atoms with E-state index >= 15 is 0 Å². The van der Waals surface area contributed by atoms with Crippen molar-refractivity contribution in [2.24, 2.45) is 5.73 Å². The SMILES string of the molecule is [C-]#[N+]c1ccc(Cn2c(N3CC[C@@H](F)[C@H](N)C3)nc3cc([N+]#[C-])ccc32)nc1. The Hall–Kier alpha value is -3.49. The van der Waals surface area contributed by atoms with Gasteiger partial charge in [-0.2, -0.15) is 0 Å². The normalized spacial score (nSPS) is 19.4. The van der Waals surface area contributed by atoms with Gasteiger partial charge in [0.05, 0.1) is 42.5 Å². The number of rotatable bonds is 3. The third-order valence-corrected chi connectivity index (χ3v) is 4.95. The lowest BCUT2D eigenvalue weighted by Crippen LogP contribution is -2.50. The Morgan fingerprint density at radius 2 is 1.96 bits per heavy atom. The molecule has 0 spiro atoms. The molecule has 0 radical (unpaired) electrons. The lowest BCUT2D eigenvalue weighted by atomic mass is 10.1. The fraction of sp³-hybridized carbons (Fsp3) is 0.300. The molecule has 0 aliphatic carbocycles. The van der Waals surface area contributed by atoms with E-state index in [4.69, 9.17) is 23.9 Å². The van der Waals surface area contributed by atoms with Crippen LogP contribution in [0.2, 0.25) is 0 Å². The summed E-state index contributed by atoms with van der Waals surface area (Å²) in [6.45, 7) is 15.6. The first kappa shape index (κ1) is 17.9. The van der Waals surface area contributed by atoms with Crippen molar-refractivity contribution in [3.63, 3.8) is 0 Å². The zero-order chi connectivity index (χ0) is 19.7. The molecule has 7 nitrogen and oxygen atoms in total. The summed E-state index contributed by atoms with van der Waals surface area (Å²) in [5.41, 5.74) is 9.31. The summed E-state index contributed by atoms with van der Waals surface area (Å²) in [7, 11) is 0. The Balaban J connectivity index is 1.77. The molecule has 28 heavy (non-hydrogen) atoms. The molecule has 3 heterocycles. The van der Waals surface area contributed by atoms with Crippen LogP contribution in [-0.2, 0) is 6.54 Å². The Morgan fingerprint density at radius 1 is 1.18 bits per heavy atom. The van der Waals surface area contributed by atoms with Gasteiger partial charge in [-0.3, -0.25) is 4.98 Å². The topological polar surface area (TPSA) is 68.7 Å². The van der Waals surface area contributed by atoms with Crippen LogP contribution in [0.1, 0.15) is 12.1 Å². The number of pyridine rings is 1. The summed E-state index contributed by atoms with van der Waals surface area (Å²) in [4.78, 5) is 17.9. The standard InChI is InChI=1S/C20H18FN7/c1-23-13-5-6-19-18(9-13)26-20(27-8-7-16(21)17(22)12-27)28(19)11-15-4-3-14(24-2)10-25-15/h3-6,9-10,16-17H,7-8,11-12,22H2/t16-,17-/m1/s1. The van der Waals surface area contributed by atoms with Crippen LogP contribution in [0, 0.1) is 13.1 Å². The zero-order valence-corrected chi connectivity index (χ0v) is 15.1. The summed E-state index contributed by atoms with van der Waals surface area (Å²) in [6, 6.07) is 8.36. The van der Waals surface area contributed by atoms with Gasteiger partial charge in [-0.1, -0.05) is 12.1 Å². The van der Waals surface area contributed by atoms with E-state index in [-0.39, 0.29) is 0 Å². The number of alkyl halides is 1. The Bertz CT molecular complexity index is 1090. The van der Waals surface area contributed by atoms with E-state index in [0.717, 1.165) is 11.2 Å². The van der Waals surface area contributed by atoms with E-state index in [1.165, 1.54) is 0 Å². The van der Waals surface area contributed by atoms with Gasteiger partial charge in [-0.15, -0.1) is 0 Å². The first-order chi connectivity index (χ1) is 13.6. The second kappa shape index (κ2) is 7.26. The number of imidazole rings is 1. The summed E-state index contributed by atoms with van der Waals surface area (Å²) in [6.07, 6.45) is 0.892. The van der Waals surface area contributed by atoms with Crippen LogP contribution in [0.4, 0.5) is 21.7 Å². The van der Waals surface area contributed by atoms with Gasteiger partial charge in [-0.05, 0) is 24.6 Å². The molecule has 2 aromatic heterocycles. The van der Waals surface area contributed by atoms with Crippen LogP contribution in [0.25, 0.3) is 20.7 Å². The highest BCUT2D eigenvalue weighted by molar-refractivity contribution is 5.83. The number of anilines is 1. The first-order valence-corrected chi connectivity index (χ1v) is 8.94. The molecule has 1 aromatic carbocycles. The van der Waals surface area contributed by atoms with Crippen molar-refractivity contribution in [1.82, 2.24) is 14.5 Å². The molecule has 1 aliphatic rings. The largest absolute Gasteiger partial charge is 0.340 e. The number of hydrogen-bond donors (Lipinski definition) is 1. The minimum atomic E-state index is -1.01. The van der Waals surface area contributed by atoms with Crippen molar-refractivity contribution < 1.29 is 4.39 Å². The van der Waals surface area contributed by atoms with E-state index in [1.54, 1.807) is 24.4 Å². The van der Waals surface area contributed by atoms with Crippen LogP contribution in [0.3, 0.4) is 0 Å². The maximum absolute atomic E-state index is 13.8. The molecule has 0 bridgehead atoms.